The molecular formula is C12H17NO2. The van der Waals surface area contributed by atoms with Crippen LogP contribution in [0.4, 0.5) is 0 Å². The monoisotopic (exact) mass is 207 g/mol. The van der Waals surface area contributed by atoms with Crippen LogP contribution in [0.1, 0.15) is 11.1 Å². The third-order valence-corrected chi connectivity index (χ3v) is 2.16. The van der Waals surface area contributed by atoms with E-state index in [1.54, 1.807) is 0 Å². The SMILES string of the molecule is COC(=O)CN(C)Cc1cccc(C)c1. The largest absolute Gasteiger partial charge is 0.468 e. The molecule has 0 fully saturated rings. The van der Waals surface area contributed by atoms with Crippen molar-refractivity contribution in [1.29, 1.82) is 0 Å². The highest BCUT2D eigenvalue weighted by Gasteiger charge is 2.06. The maximum absolute atomic E-state index is 11.0. The first-order valence-electron chi connectivity index (χ1n) is 4.92. The standard InChI is InChI=1S/C12H17NO2/c1-10-5-4-6-11(7-10)8-13(2)9-12(14)15-3/h4-7H,8-9H2,1-3H3. The number of aryl methyl sites for hydroxylation is 1. The molecule has 0 heterocycles. The lowest BCUT2D eigenvalue weighted by Crippen LogP contribution is -2.26. The van der Waals surface area contributed by atoms with Crippen molar-refractivity contribution in [3.63, 3.8) is 0 Å². The molecule has 82 valence electrons. The predicted molar refractivity (Wildman–Crippen MR) is 59.5 cm³/mol. The zero-order valence-electron chi connectivity index (χ0n) is 9.49. The topological polar surface area (TPSA) is 29.5 Å². The van der Waals surface area contributed by atoms with Gasteiger partial charge in [-0.2, -0.15) is 0 Å². The molecule has 0 aliphatic heterocycles. The Morgan fingerprint density at radius 1 is 1.47 bits per heavy atom. The van der Waals surface area contributed by atoms with Crippen LogP contribution >= 0.6 is 0 Å². The lowest BCUT2D eigenvalue weighted by Gasteiger charge is -2.15. The number of nitrogens with zero attached hydrogens (tertiary/aromatic N) is 1. The van der Waals surface area contributed by atoms with Gasteiger partial charge in [0, 0.05) is 6.54 Å². The van der Waals surface area contributed by atoms with E-state index in [4.69, 9.17) is 0 Å². The molecule has 0 saturated heterocycles. The molecule has 0 spiro atoms. The molecule has 3 nitrogen and oxygen atoms in total. The molecule has 0 N–H and O–H groups in total. The average Bonchev–Trinajstić information content (AvgIpc) is 2.17. The van der Waals surface area contributed by atoms with E-state index in [-0.39, 0.29) is 5.97 Å². The Hall–Kier alpha value is -1.35. The van der Waals surface area contributed by atoms with Crippen molar-refractivity contribution in [2.45, 2.75) is 13.5 Å². The molecule has 1 aromatic carbocycles. The molecule has 0 unspecified atom stereocenters. The summed E-state index contributed by atoms with van der Waals surface area (Å²) in [4.78, 5) is 12.9. The van der Waals surface area contributed by atoms with E-state index < -0.39 is 0 Å². The van der Waals surface area contributed by atoms with Crippen molar-refractivity contribution in [1.82, 2.24) is 4.90 Å². The number of likely N-dealkylation sites (N-methyl/N-ethyl adjacent to an activating group) is 1. The second-order valence-corrected chi connectivity index (χ2v) is 3.74. The second-order valence-electron chi connectivity index (χ2n) is 3.74. The van der Waals surface area contributed by atoms with Crippen molar-refractivity contribution in [2.75, 3.05) is 20.7 Å². The zero-order valence-corrected chi connectivity index (χ0v) is 9.49. The molecule has 0 radical (unpaired) electrons. The summed E-state index contributed by atoms with van der Waals surface area (Å²) in [5, 5.41) is 0. The summed E-state index contributed by atoms with van der Waals surface area (Å²) < 4.78 is 4.60. The van der Waals surface area contributed by atoms with Gasteiger partial charge in [-0.15, -0.1) is 0 Å². The van der Waals surface area contributed by atoms with Crippen molar-refractivity contribution in [3.05, 3.63) is 35.4 Å². The smallest absolute Gasteiger partial charge is 0.319 e. The minimum atomic E-state index is -0.204. The maximum Gasteiger partial charge on any atom is 0.319 e. The Kier molecular flexibility index (Phi) is 4.31. The molecule has 1 aromatic rings. The third-order valence-electron chi connectivity index (χ3n) is 2.16. The van der Waals surface area contributed by atoms with Crippen LogP contribution in [0, 0.1) is 6.92 Å². The Balaban J connectivity index is 2.51. The fraction of sp³-hybridized carbons (Fsp3) is 0.417. The van der Waals surface area contributed by atoms with Crippen molar-refractivity contribution < 1.29 is 9.53 Å². The van der Waals surface area contributed by atoms with Gasteiger partial charge >= 0.3 is 5.97 Å². The summed E-state index contributed by atoms with van der Waals surface area (Å²) in [5.41, 5.74) is 2.44. The molecule has 0 amide bonds. The summed E-state index contributed by atoms with van der Waals surface area (Å²) in [6.07, 6.45) is 0. The van der Waals surface area contributed by atoms with E-state index in [0.717, 1.165) is 6.54 Å². The van der Waals surface area contributed by atoms with E-state index >= 15 is 0 Å². The van der Waals surface area contributed by atoms with Crippen molar-refractivity contribution >= 4 is 5.97 Å². The molecule has 0 saturated carbocycles. The highest BCUT2D eigenvalue weighted by molar-refractivity contribution is 5.71. The van der Waals surface area contributed by atoms with Crippen LogP contribution in [-0.4, -0.2) is 31.6 Å². The second kappa shape index (κ2) is 5.51. The van der Waals surface area contributed by atoms with Crippen LogP contribution in [0.15, 0.2) is 24.3 Å². The Bertz CT molecular complexity index is 336. The van der Waals surface area contributed by atoms with Gasteiger partial charge in [-0.1, -0.05) is 29.8 Å². The molecule has 1 rings (SSSR count). The van der Waals surface area contributed by atoms with Crippen LogP contribution in [-0.2, 0) is 16.1 Å². The van der Waals surface area contributed by atoms with Gasteiger partial charge in [0.15, 0.2) is 0 Å². The first-order valence-corrected chi connectivity index (χ1v) is 4.92. The maximum atomic E-state index is 11.0. The minimum Gasteiger partial charge on any atom is -0.468 e. The van der Waals surface area contributed by atoms with E-state index in [2.05, 4.69) is 29.9 Å². The zero-order chi connectivity index (χ0) is 11.3. The van der Waals surface area contributed by atoms with Gasteiger partial charge in [-0.05, 0) is 19.5 Å². The number of esters is 1. The van der Waals surface area contributed by atoms with Crippen molar-refractivity contribution in [2.24, 2.45) is 0 Å². The summed E-state index contributed by atoms with van der Waals surface area (Å²) in [5.74, 6) is -0.204. The number of rotatable bonds is 4. The first-order chi connectivity index (χ1) is 7.11. The van der Waals surface area contributed by atoms with Crippen molar-refractivity contribution in [3.8, 4) is 0 Å². The molecule has 0 aromatic heterocycles. The van der Waals surface area contributed by atoms with Gasteiger partial charge in [0.2, 0.25) is 0 Å². The van der Waals surface area contributed by atoms with Gasteiger partial charge in [-0.25, -0.2) is 0 Å². The van der Waals surface area contributed by atoms with Crippen LogP contribution in [0.3, 0.4) is 0 Å². The summed E-state index contributed by atoms with van der Waals surface area (Å²) >= 11 is 0. The lowest BCUT2D eigenvalue weighted by molar-refractivity contribution is -0.141. The highest BCUT2D eigenvalue weighted by Crippen LogP contribution is 2.06. The fourth-order valence-electron chi connectivity index (χ4n) is 1.46. The molecule has 0 aliphatic carbocycles. The van der Waals surface area contributed by atoms with Gasteiger partial charge in [0.1, 0.15) is 0 Å². The molecule has 3 heteroatoms. The first kappa shape index (κ1) is 11.7. The molecule has 0 atom stereocenters. The predicted octanol–water partition coefficient (Wildman–Crippen LogP) is 1.60. The average molecular weight is 207 g/mol. The number of carbonyl (C=O) groups excluding carboxylic acids is 1. The van der Waals surface area contributed by atoms with Crippen LogP contribution < -0.4 is 0 Å². The van der Waals surface area contributed by atoms with E-state index in [0.29, 0.717) is 6.54 Å². The molecule has 0 bridgehead atoms. The summed E-state index contributed by atoms with van der Waals surface area (Å²) in [7, 11) is 3.31. The van der Waals surface area contributed by atoms with Gasteiger partial charge in [0.25, 0.3) is 0 Å². The van der Waals surface area contributed by atoms with E-state index in [1.807, 2.05) is 18.0 Å². The number of hydrogen-bond acceptors (Lipinski definition) is 3. The number of benzene rings is 1. The Labute approximate surface area is 90.7 Å². The third kappa shape index (κ3) is 4.13. The van der Waals surface area contributed by atoms with Gasteiger partial charge in [0.05, 0.1) is 13.7 Å². The van der Waals surface area contributed by atoms with Crippen LogP contribution in [0.5, 0.6) is 0 Å². The van der Waals surface area contributed by atoms with Crippen LogP contribution in [0.2, 0.25) is 0 Å². The normalized spacial score (nSPS) is 10.4. The number of ether oxygens (including phenoxy) is 1. The molecular weight excluding hydrogens is 190 g/mol. The van der Waals surface area contributed by atoms with E-state index in [9.17, 15) is 4.79 Å². The highest BCUT2D eigenvalue weighted by atomic mass is 16.5. The molecule has 15 heavy (non-hydrogen) atoms. The number of hydrogen-bond donors (Lipinski definition) is 0. The fourth-order valence-corrected chi connectivity index (χ4v) is 1.46. The molecule has 0 aliphatic rings. The summed E-state index contributed by atoms with van der Waals surface area (Å²) in [6.45, 7) is 3.14. The van der Waals surface area contributed by atoms with Gasteiger partial charge in [-0.3, -0.25) is 9.69 Å². The summed E-state index contributed by atoms with van der Waals surface area (Å²) in [6, 6.07) is 8.26. The minimum absolute atomic E-state index is 0.204. The van der Waals surface area contributed by atoms with Crippen LogP contribution in [0.25, 0.3) is 0 Å². The Morgan fingerprint density at radius 3 is 2.80 bits per heavy atom. The quantitative estimate of drug-likeness (QED) is 0.702. The van der Waals surface area contributed by atoms with E-state index in [1.165, 1.54) is 18.2 Å². The lowest BCUT2D eigenvalue weighted by atomic mass is 10.1. The number of carbonyl (C=O) groups is 1. The van der Waals surface area contributed by atoms with Gasteiger partial charge < -0.3 is 4.74 Å². The number of methoxy groups -OCH3 is 1. The Morgan fingerprint density at radius 2 is 2.20 bits per heavy atom.